The SMILES string of the molecule is Cc1ccc(NC(=S)N[C@@H](C)c2ccc(N3CCOCC3)cc2)nc1. The Hall–Kier alpha value is -2.18. The normalized spacial score (nSPS) is 15.5. The zero-order valence-corrected chi connectivity index (χ0v) is 15.5. The average Bonchev–Trinajstić information content (AvgIpc) is 2.64. The van der Waals surface area contributed by atoms with Crippen molar-refractivity contribution >= 4 is 28.8 Å². The van der Waals surface area contributed by atoms with E-state index in [4.69, 9.17) is 17.0 Å². The molecule has 0 aliphatic carbocycles. The van der Waals surface area contributed by atoms with Crippen LogP contribution in [0.15, 0.2) is 42.6 Å². The summed E-state index contributed by atoms with van der Waals surface area (Å²) in [7, 11) is 0. The van der Waals surface area contributed by atoms with E-state index in [1.165, 1.54) is 11.3 Å². The molecule has 1 aromatic heterocycles. The first-order valence-electron chi connectivity index (χ1n) is 8.54. The molecule has 132 valence electrons. The number of hydrogen-bond donors (Lipinski definition) is 2. The molecule has 25 heavy (non-hydrogen) atoms. The number of aromatic nitrogens is 1. The van der Waals surface area contributed by atoms with Crippen LogP contribution in [0.5, 0.6) is 0 Å². The topological polar surface area (TPSA) is 49.4 Å². The first kappa shape index (κ1) is 17.6. The van der Waals surface area contributed by atoms with Crippen LogP contribution in [0.2, 0.25) is 0 Å². The Morgan fingerprint density at radius 1 is 1.16 bits per heavy atom. The van der Waals surface area contributed by atoms with Gasteiger partial charge in [-0.15, -0.1) is 0 Å². The van der Waals surface area contributed by atoms with Gasteiger partial charge in [0.1, 0.15) is 5.82 Å². The van der Waals surface area contributed by atoms with Gasteiger partial charge in [0.15, 0.2) is 5.11 Å². The van der Waals surface area contributed by atoms with Crippen LogP contribution < -0.4 is 15.5 Å². The number of rotatable bonds is 4. The summed E-state index contributed by atoms with van der Waals surface area (Å²) in [6.45, 7) is 7.60. The first-order valence-corrected chi connectivity index (χ1v) is 8.95. The number of aryl methyl sites for hydroxylation is 1. The van der Waals surface area contributed by atoms with Gasteiger partial charge in [-0.25, -0.2) is 4.98 Å². The van der Waals surface area contributed by atoms with Gasteiger partial charge in [0, 0.05) is 25.0 Å². The van der Waals surface area contributed by atoms with E-state index in [-0.39, 0.29) is 6.04 Å². The van der Waals surface area contributed by atoms with Crippen LogP contribution in [0, 0.1) is 6.92 Å². The number of morpholine rings is 1. The van der Waals surface area contributed by atoms with Crippen LogP contribution in [0.1, 0.15) is 24.1 Å². The molecule has 2 aromatic rings. The molecule has 5 nitrogen and oxygen atoms in total. The van der Waals surface area contributed by atoms with Crippen LogP contribution in [0.3, 0.4) is 0 Å². The molecular weight excluding hydrogens is 332 g/mol. The average molecular weight is 356 g/mol. The van der Waals surface area contributed by atoms with E-state index in [1.807, 2.05) is 25.3 Å². The maximum absolute atomic E-state index is 5.40. The lowest BCUT2D eigenvalue weighted by Crippen LogP contribution is -2.36. The smallest absolute Gasteiger partial charge is 0.172 e. The molecule has 0 unspecified atom stereocenters. The summed E-state index contributed by atoms with van der Waals surface area (Å²) in [6.07, 6.45) is 1.82. The molecule has 2 N–H and O–H groups in total. The Bertz CT molecular complexity index is 696. The molecule has 1 aliphatic rings. The second-order valence-corrected chi connectivity index (χ2v) is 6.64. The molecule has 1 atom stereocenters. The molecule has 0 bridgehead atoms. The molecule has 1 aromatic carbocycles. The number of benzene rings is 1. The fourth-order valence-corrected chi connectivity index (χ4v) is 3.05. The number of anilines is 2. The summed E-state index contributed by atoms with van der Waals surface area (Å²) >= 11 is 5.39. The monoisotopic (exact) mass is 356 g/mol. The van der Waals surface area contributed by atoms with Crippen molar-refractivity contribution in [1.82, 2.24) is 10.3 Å². The van der Waals surface area contributed by atoms with Crippen molar-refractivity contribution in [3.8, 4) is 0 Å². The maximum Gasteiger partial charge on any atom is 0.172 e. The number of nitrogens with zero attached hydrogens (tertiary/aromatic N) is 2. The Balaban J connectivity index is 1.55. The van der Waals surface area contributed by atoms with Gasteiger partial charge in [0.05, 0.1) is 19.3 Å². The highest BCUT2D eigenvalue weighted by atomic mass is 32.1. The van der Waals surface area contributed by atoms with Gasteiger partial charge in [0.2, 0.25) is 0 Å². The first-order chi connectivity index (χ1) is 12.1. The lowest BCUT2D eigenvalue weighted by Gasteiger charge is -2.29. The number of ether oxygens (including phenoxy) is 1. The van der Waals surface area contributed by atoms with E-state index < -0.39 is 0 Å². The highest BCUT2D eigenvalue weighted by Crippen LogP contribution is 2.20. The molecule has 3 rings (SSSR count). The molecule has 1 fully saturated rings. The Morgan fingerprint density at radius 3 is 2.52 bits per heavy atom. The van der Waals surface area contributed by atoms with E-state index in [9.17, 15) is 0 Å². The molecule has 0 radical (unpaired) electrons. The third kappa shape index (κ3) is 4.90. The van der Waals surface area contributed by atoms with E-state index in [0.717, 1.165) is 37.7 Å². The fraction of sp³-hybridized carbons (Fsp3) is 0.368. The molecule has 0 amide bonds. The van der Waals surface area contributed by atoms with Crippen molar-refractivity contribution in [2.24, 2.45) is 0 Å². The summed E-state index contributed by atoms with van der Waals surface area (Å²) < 4.78 is 5.40. The summed E-state index contributed by atoms with van der Waals surface area (Å²) in [4.78, 5) is 6.66. The van der Waals surface area contributed by atoms with Gasteiger partial charge < -0.3 is 20.3 Å². The largest absolute Gasteiger partial charge is 0.378 e. The van der Waals surface area contributed by atoms with Crippen molar-refractivity contribution in [1.29, 1.82) is 0 Å². The Labute approximate surface area is 154 Å². The molecule has 1 saturated heterocycles. The summed E-state index contributed by atoms with van der Waals surface area (Å²) in [5, 5.41) is 7.00. The van der Waals surface area contributed by atoms with Crippen molar-refractivity contribution in [2.75, 3.05) is 36.5 Å². The highest BCUT2D eigenvalue weighted by Gasteiger charge is 2.12. The maximum atomic E-state index is 5.40. The third-order valence-corrected chi connectivity index (χ3v) is 4.49. The van der Waals surface area contributed by atoms with Gasteiger partial charge in [-0.2, -0.15) is 0 Å². The molecule has 0 saturated carbocycles. The molecule has 2 heterocycles. The molecule has 0 spiro atoms. The number of hydrogen-bond acceptors (Lipinski definition) is 4. The lowest BCUT2D eigenvalue weighted by atomic mass is 10.1. The molecular formula is C19H24N4OS. The van der Waals surface area contributed by atoms with Gasteiger partial charge in [-0.1, -0.05) is 18.2 Å². The summed E-state index contributed by atoms with van der Waals surface area (Å²) in [6, 6.07) is 12.7. The quantitative estimate of drug-likeness (QED) is 0.820. The minimum Gasteiger partial charge on any atom is -0.378 e. The second kappa shape index (κ2) is 8.27. The predicted octanol–water partition coefficient (Wildman–Crippen LogP) is 3.27. The predicted molar refractivity (Wildman–Crippen MR) is 106 cm³/mol. The van der Waals surface area contributed by atoms with E-state index >= 15 is 0 Å². The van der Waals surface area contributed by atoms with Crippen molar-refractivity contribution < 1.29 is 4.74 Å². The number of nitrogens with one attached hydrogen (secondary N) is 2. The lowest BCUT2D eigenvalue weighted by molar-refractivity contribution is 0.122. The molecule has 6 heteroatoms. The minimum atomic E-state index is 0.115. The van der Waals surface area contributed by atoms with E-state index in [0.29, 0.717) is 5.11 Å². The van der Waals surface area contributed by atoms with Crippen LogP contribution in [-0.2, 0) is 4.74 Å². The van der Waals surface area contributed by atoms with E-state index in [1.54, 1.807) is 0 Å². The van der Waals surface area contributed by atoms with Crippen molar-refractivity contribution in [2.45, 2.75) is 19.9 Å². The van der Waals surface area contributed by atoms with Gasteiger partial charge >= 0.3 is 0 Å². The fourth-order valence-electron chi connectivity index (χ4n) is 2.77. The highest BCUT2D eigenvalue weighted by molar-refractivity contribution is 7.80. The molecule has 1 aliphatic heterocycles. The number of thiocarbonyl (C=S) groups is 1. The summed E-state index contributed by atoms with van der Waals surface area (Å²) in [5.41, 5.74) is 3.56. The Morgan fingerprint density at radius 2 is 1.88 bits per heavy atom. The van der Waals surface area contributed by atoms with Gasteiger partial charge in [0.25, 0.3) is 0 Å². The van der Waals surface area contributed by atoms with Crippen molar-refractivity contribution in [3.63, 3.8) is 0 Å². The van der Waals surface area contributed by atoms with Crippen LogP contribution in [-0.4, -0.2) is 36.4 Å². The van der Waals surface area contributed by atoms with Crippen LogP contribution in [0.4, 0.5) is 11.5 Å². The van der Waals surface area contributed by atoms with Gasteiger partial charge in [-0.3, -0.25) is 0 Å². The third-order valence-electron chi connectivity index (χ3n) is 4.27. The minimum absolute atomic E-state index is 0.115. The second-order valence-electron chi connectivity index (χ2n) is 6.23. The zero-order valence-electron chi connectivity index (χ0n) is 14.7. The van der Waals surface area contributed by atoms with Gasteiger partial charge in [-0.05, 0) is 55.4 Å². The summed E-state index contributed by atoms with van der Waals surface area (Å²) in [5.74, 6) is 0.748. The van der Waals surface area contributed by atoms with Crippen molar-refractivity contribution in [3.05, 3.63) is 53.7 Å². The van der Waals surface area contributed by atoms with Crippen LogP contribution >= 0.6 is 12.2 Å². The number of pyridine rings is 1. The Kier molecular flexibility index (Phi) is 5.83. The zero-order chi connectivity index (χ0) is 17.6. The van der Waals surface area contributed by atoms with Crippen LogP contribution in [0.25, 0.3) is 0 Å². The standard InChI is InChI=1S/C19H24N4OS/c1-14-3-8-18(20-13-14)22-19(25)21-15(2)16-4-6-17(7-5-16)23-9-11-24-12-10-23/h3-8,13,15H,9-12H2,1-2H3,(H2,20,21,22,25)/t15-/m0/s1. The van der Waals surface area contributed by atoms with E-state index in [2.05, 4.69) is 51.7 Å².